The molecule has 0 aliphatic carbocycles. The number of nitrogens with zero attached hydrogens (tertiary/aromatic N) is 1. The lowest BCUT2D eigenvalue weighted by atomic mass is 10.2. The highest BCUT2D eigenvalue weighted by Gasteiger charge is 2.26. The van der Waals surface area contributed by atoms with Crippen molar-refractivity contribution in [2.75, 3.05) is 31.6 Å². The molecule has 2 atom stereocenters. The Morgan fingerprint density at radius 1 is 1.48 bits per heavy atom. The third kappa shape index (κ3) is 4.45. The van der Waals surface area contributed by atoms with Crippen LogP contribution in [0.3, 0.4) is 0 Å². The van der Waals surface area contributed by atoms with Gasteiger partial charge in [0.2, 0.25) is 5.91 Å². The standard InChI is InChI=1S/C14H18F2N2O3/c1-9-5-18(6-11(8-19)21-9)7-14(20)17-13-4-10(15)2-3-12(13)16/h2-4,9,11,19H,5-8H2,1H3,(H,17,20). The van der Waals surface area contributed by atoms with Crippen LogP contribution in [-0.2, 0) is 9.53 Å². The highest BCUT2D eigenvalue weighted by molar-refractivity contribution is 5.92. The second kappa shape index (κ2) is 6.93. The maximum absolute atomic E-state index is 13.4. The maximum Gasteiger partial charge on any atom is 0.238 e. The first-order valence-electron chi connectivity index (χ1n) is 6.71. The van der Waals surface area contributed by atoms with Gasteiger partial charge >= 0.3 is 0 Å². The zero-order valence-electron chi connectivity index (χ0n) is 11.7. The van der Waals surface area contributed by atoms with Crippen LogP contribution in [-0.4, -0.2) is 54.4 Å². The molecule has 2 rings (SSSR count). The van der Waals surface area contributed by atoms with Crippen molar-refractivity contribution in [2.24, 2.45) is 0 Å². The van der Waals surface area contributed by atoms with E-state index in [0.29, 0.717) is 13.1 Å². The molecule has 1 aromatic rings. The minimum absolute atomic E-state index is 0.0279. The lowest BCUT2D eigenvalue weighted by molar-refractivity contribution is -0.124. The van der Waals surface area contributed by atoms with E-state index >= 15 is 0 Å². The van der Waals surface area contributed by atoms with Crippen molar-refractivity contribution in [2.45, 2.75) is 19.1 Å². The van der Waals surface area contributed by atoms with Crippen LogP contribution in [0.4, 0.5) is 14.5 Å². The van der Waals surface area contributed by atoms with Gasteiger partial charge in [-0.25, -0.2) is 8.78 Å². The number of hydrogen-bond donors (Lipinski definition) is 2. The van der Waals surface area contributed by atoms with Crippen LogP contribution in [0.25, 0.3) is 0 Å². The number of halogens is 2. The summed E-state index contributed by atoms with van der Waals surface area (Å²) in [5.74, 6) is -1.74. The fourth-order valence-corrected chi connectivity index (χ4v) is 2.36. The Kier molecular flexibility index (Phi) is 5.22. The smallest absolute Gasteiger partial charge is 0.238 e. The van der Waals surface area contributed by atoms with Crippen LogP contribution in [0.15, 0.2) is 18.2 Å². The van der Waals surface area contributed by atoms with Gasteiger partial charge in [-0.1, -0.05) is 0 Å². The van der Waals surface area contributed by atoms with E-state index in [-0.39, 0.29) is 31.0 Å². The summed E-state index contributed by atoms with van der Waals surface area (Å²) < 4.78 is 31.9. The molecule has 1 amide bonds. The zero-order chi connectivity index (χ0) is 15.4. The second-order valence-electron chi connectivity index (χ2n) is 5.12. The van der Waals surface area contributed by atoms with Crippen LogP contribution in [0.2, 0.25) is 0 Å². The third-order valence-corrected chi connectivity index (χ3v) is 3.18. The Balaban J connectivity index is 1.93. The fraction of sp³-hybridized carbons (Fsp3) is 0.500. The molecular weight excluding hydrogens is 282 g/mol. The number of ether oxygens (including phenoxy) is 1. The zero-order valence-corrected chi connectivity index (χ0v) is 11.7. The number of anilines is 1. The average molecular weight is 300 g/mol. The first-order valence-corrected chi connectivity index (χ1v) is 6.71. The molecule has 0 saturated carbocycles. The van der Waals surface area contributed by atoms with E-state index in [1.807, 2.05) is 11.8 Å². The van der Waals surface area contributed by atoms with Crippen molar-refractivity contribution in [3.05, 3.63) is 29.8 Å². The number of carbonyl (C=O) groups is 1. The summed E-state index contributed by atoms with van der Waals surface area (Å²) in [6, 6.07) is 2.88. The molecule has 1 aliphatic heterocycles. The minimum atomic E-state index is -0.687. The van der Waals surface area contributed by atoms with E-state index in [2.05, 4.69) is 5.32 Å². The molecule has 1 aromatic carbocycles. The largest absolute Gasteiger partial charge is 0.394 e. The molecule has 5 nitrogen and oxygen atoms in total. The average Bonchev–Trinajstić information content (AvgIpc) is 2.42. The molecule has 7 heteroatoms. The van der Waals surface area contributed by atoms with E-state index < -0.39 is 17.5 Å². The normalized spacial score (nSPS) is 23.0. The molecule has 0 radical (unpaired) electrons. The Bertz CT molecular complexity index is 513. The highest BCUT2D eigenvalue weighted by atomic mass is 19.1. The van der Waals surface area contributed by atoms with Crippen molar-refractivity contribution in [3.8, 4) is 0 Å². The lowest BCUT2D eigenvalue weighted by Crippen LogP contribution is -2.50. The van der Waals surface area contributed by atoms with Gasteiger partial charge in [-0.3, -0.25) is 9.69 Å². The third-order valence-electron chi connectivity index (χ3n) is 3.18. The number of aliphatic hydroxyl groups is 1. The number of amides is 1. The lowest BCUT2D eigenvalue weighted by Gasteiger charge is -2.35. The first kappa shape index (κ1) is 15.8. The Hall–Kier alpha value is -1.57. The number of nitrogens with one attached hydrogen (secondary N) is 1. The van der Waals surface area contributed by atoms with Crippen molar-refractivity contribution in [1.29, 1.82) is 0 Å². The fourth-order valence-electron chi connectivity index (χ4n) is 2.36. The summed E-state index contributed by atoms with van der Waals surface area (Å²) in [7, 11) is 0. The predicted octanol–water partition coefficient (Wildman–Crippen LogP) is 0.985. The Labute approximate surface area is 121 Å². The summed E-state index contributed by atoms with van der Waals surface area (Å²) in [4.78, 5) is 13.7. The number of carbonyl (C=O) groups excluding carboxylic acids is 1. The van der Waals surface area contributed by atoms with Gasteiger partial charge in [-0.2, -0.15) is 0 Å². The quantitative estimate of drug-likeness (QED) is 0.870. The van der Waals surface area contributed by atoms with Crippen LogP contribution >= 0.6 is 0 Å². The second-order valence-corrected chi connectivity index (χ2v) is 5.12. The maximum atomic E-state index is 13.4. The van der Waals surface area contributed by atoms with Crippen LogP contribution in [0.1, 0.15) is 6.92 Å². The molecule has 21 heavy (non-hydrogen) atoms. The summed E-state index contributed by atoms with van der Waals surface area (Å²) in [5, 5.41) is 11.5. The molecule has 1 saturated heterocycles. The molecule has 116 valence electrons. The molecule has 0 aromatic heterocycles. The molecule has 1 heterocycles. The van der Waals surface area contributed by atoms with Gasteiger partial charge in [-0.15, -0.1) is 0 Å². The van der Waals surface area contributed by atoms with Gasteiger partial charge in [-0.05, 0) is 19.1 Å². The van der Waals surface area contributed by atoms with E-state index in [9.17, 15) is 13.6 Å². The van der Waals surface area contributed by atoms with Gasteiger partial charge in [0.15, 0.2) is 0 Å². The molecule has 0 spiro atoms. The number of benzene rings is 1. The summed E-state index contributed by atoms with van der Waals surface area (Å²) in [5.41, 5.74) is -0.181. The van der Waals surface area contributed by atoms with Crippen molar-refractivity contribution in [3.63, 3.8) is 0 Å². The first-order chi connectivity index (χ1) is 9.97. The number of aliphatic hydroxyl groups excluding tert-OH is 1. The highest BCUT2D eigenvalue weighted by Crippen LogP contribution is 2.16. The topological polar surface area (TPSA) is 61.8 Å². The summed E-state index contributed by atoms with van der Waals surface area (Å²) in [6.07, 6.45) is -0.443. The van der Waals surface area contributed by atoms with Crippen molar-refractivity contribution < 1.29 is 23.4 Å². The van der Waals surface area contributed by atoms with E-state index in [1.165, 1.54) is 0 Å². The van der Waals surface area contributed by atoms with Crippen molar-refractivity contribution >= 4 is 11.6 Å². The molecular formula is C14H18F2N2O3. The molecule has 0 bridgehead atoms. The number of hydrogen-bond acceptors (Lipinski definition) is 4. The summed E-state index contributed by atoms with van der Waals surface area (Å²) >= 11 is 0. The number of rotatable bonds is 4. The van der Waals surface area contributed by atoms with Gasteiger partial charge in [0.05, 0.1) is 31.0 Å². The molecule has 2 unspecified atom stereocenters. The van der Waals surface area contributed by atoms with Crippen LogP contribution in [0.5, 0.6) is 0 Å². The molecule has 1 fully saturated rings. The SMILES string of the molecule is CC1CN(CC(=O)Nc2cc(F)ccc2F)CC(CO)O1. The van der Waals surface area contributed by atoms with Crippen molar-refractivity contribution in [1.82, 2.24) is 4.90 Å². The van der Waals surface area contributed by atoms with Gasteiger partial charge in [0.1, 0.15) is 11.6 Å². The van der Waals surface area contributed by atoms with Gasteiger partial charge in [0.25, 0.3) is 0 Å². The monoisotopic (exact) mass is 300 g/mol. The van der Waals surface area contributed by atoms with E-state index in [1.54, 1.807) is 0 Å². The van der Waals surface area contributed by atoms with Gasteiger partial charge < -0.3 is 15.2 Å². The number of morpholine rings is 1. The van der Waals surface area contributed by atoms with Gasteiger partial charge in [0, 0.05) is 19.2 Å². The van der Waals surface area contributed by atoms with E-state index in [4.69, 9.17) is 9.84 Å². The van der Waals surface area contributed by atoms with Crippen LogP contribution < -0.4 is 5.32 Å². The Morgan fingerprint density at radius 2 is 2.24 bits per heavy atom. The predicted molar refractivity (Wildman–Crippen MR) is 72.8 cm³/mol. The molecule has 2 N–H and O–H groups in total. The van der Waals surface area contributed by atoms with Crippen LogP contribution in [0, 0.1) is 11.6 Å². The van der Waals surface area contributed by atoms with E-state index in [0.717, 1.165) is 18.2 Å². The summed E-state index contributed by atoms with van der Waals surface area (Å²) in [6.45, 7) is 2.70. The molecule has 1 aliphatic rings. The minimum Gasteiger partial charge on any atom is -0.394 e. The Morgan fingerprint density at radius 3 is 2.95 bits per heavy atom.